The number of nitrogens with two attached hydrogens (primary N) is 1. The van der Waals surface area contributed by atoms with Crippen LogP contribution in [0.25, 0.3) is 17.0 Å². The van der Waals surface area contributed by atoms with Gasteiger partial charge in [0, 0.05) is 57.9 Å². The monoisotopic (exact) mass is 485 g/mol. The number of fused-ring (bicyclic) bond motifs is 1. The Morgan fingerprint density at radius 2 is 2.10 bits per heavy atom. The summed E-state index contributed by atoms with van der Waals surface area (Å²) >= 11 is 5.06. The molecule has 30 heavy (non-hydrogen) atoms. The van der Waals surface area contributed by atoms with E-state index < -0.39 is 0 Å². The van der Waals surface area contributed by atoms with Gasteiger partial charge in [0.2, 0.25) is 5.91 Å². The van der Waals surface area contributed by atoms with Crippen LogP contribution in [0.2, 0.25) is 0 Å². The lowest BCUT2D eigenvalue weighted by atomic mass is 10.1. The molecule has 2 N–H and O–H groups in total. The Bertz CT molecular complexity index is 1100. The summed E-state index contributed by atoms with van der Waals surface area (Å²) in [5, 5.41) is 2.89. The fourth-order valence-corrected chi connectivity index (χ4v) is 5.18. The molecule has 1 aromatic carbocycles. The number of halogens is 1. The first-order chi connectivity index (χ1) is 14.4. The molecule has 3 heterocycles. The Hall–Kier alpha value is -2.29. The van der Waals surface area contributed by atoms with E-state index in [0.29, 0.717) is 12.4 Å². The molecule has 1 amide bonds. The molecule has 2 aromatic heterocycles. The third kappa shape index (κ3) is 4.55. The fourth-order valence-electron chi connectivity index (χ4n) is 3.85. The highest BCUT2D eigenvalue weighted by Gasteiger charge is 2.31. The first kappa shape index (κ1) is 21.0. The van der Waals surface area contributed by atoms with Gasteiger partial charge < -0.3 is 10.6 Å². The van der Waals surface area contributed by atoms with Gasteiger partial charge in [-0.2, -0.15) is 0 Å². The van der Waals surface area contributed by atoms with Crippen molar-refractivity contribution >= 4 is 56.0 Å². The van der Waals surface area contributed by atoms with E-state index in [-0.39, 0.29) is 18.0 Å². The van der Waals surface area contributed by atoms with Gasteiger partial charge in [0.1, 0.15) is 12.1 Å². The molecule has 8 heteroatoms. The number of carbonyl (C=O) groups is 1. The minimum absolute atomic E-state index is 0.0661. The van der Waals surface area contributed by atoms with Crippen LogP contribution in [0.5, 0.6) is 0 Å². The zero-order chi connectivity index (χ0) is 21.3. The van der Waals surface area contributed by atoms with Gasteiger partial charge in [-0.05, 0) is 59.6 Å². The molecule has 0 spiro atoms. The van der Waals surface area contributed by atoms with Crippen molar-refractivity contribution in [3.8, 4) is 0 Å². The van der Waals surface area contributed by atoms with Gasteiger partial charge in [-0.25, -0.2) is 9.97 Å². The number of nitrogens with zero attached hydrogens (tertiary/aromatic N) is 4. The van der Waals surface area contributed by atoms with Crippen molar-refractivity contribution in [2.45, 2.75) is 32.5 Å². The summed E-state index contributed by atoms with van der Waals surface area (Å²) in [6.45, 7) is 6.64. The SMILES string of the molecule is CC1CN(C(=O)C=Cc2cc(Br)cs2)[C@@H](C)CN1Cc1ccc2c(N)ncnc2c1. The van der Waals surface area contributed by atoms with Gasteiger partial charge in [-0.15, -0.1) is 11.3 Å². The molecule has 0 bridgehead atoms. The molecule has 1 saturated heterocycles. The lowest BCUT2D eigenvalue weighted by Crippen LogP contribution is -2.57. The molecule has 0 aliphatic carbocycles. The highest BCUT2D eigenvalue weighted by atomic mass is 79.9. The Morgan fingerprint density at radius 3 is 2.87 bits per heavy atom. The van der Waals surface area contributed by atoms with Crippen LogP contribution >= 0.6 is 27.3 Å². The minimum Gasteiger partial charge on any atom is -0.383 e. The number of amides is 1. The zero-order valence-corrected chi connectivity index (χ0v) is 19.4. The maximum Gasteiger partial charge on any atom is 0.246 e. The molecular weight excluding hydrogens is 462 g/mol. The summed E-state index contributed by atoms with van der Waals surface area (Å²) in [4.78, 5) is 26.6. The molecule has 156 valence electrons. The molecular formula is C22H24BrN5OS. The van der Waals surface area contributed by atoms with E-state index in [2.05, 4.69) is 56.8 Å². The van der Waals surface area contributed by atoms with Crippen LogP contribution in [0.1, 0.15) is 24.3 Å². The number of piperazine rings is 1. The molecule has 1 aliphatic rings. The van der Waals surface area contributed by atoms with Crippen molar-refractivity contribution in [1.82, 2.24) is 19.8 Å². The second-order valence-corrected chi connectivity index (χ2v) is 9.59. The number of anilines is 1. The van der Waals surface area contributed by atoms with Crippen molar-refractivity contribution < 1.29 is 4.79 Å². The Labute approximate surface area is 188 Å². The normalized spacial score (nSPS) is 20.3. The number of hydrogen-bond donors (Lipinski definition) is 1. The summed E-state index contributed by atoms with van der Waals surface area (Å²) in [6, 6.07) is 8.57. The van der Waals surface area contributed by atoms with Gasteiger partial charge in [-0.3, -0.25) is 9.69 Å². The maximum atomic E-state index is 12.8. The second kappa shape index (κ2) is 8.83. The first-order valence-corrected chi connectivity index (χ1v) is 11.5. The zero-order valence-electron chi connectivity index (χ0n) is 17.0. The Kier molecular flexibility index (Phi) is 6.17. The molecule has 0 saturated carbocycles. The molecule has 4 rings (SSSR count). The van der Waals surface area contributed by atoms with Crippen molar-refractivity contribution in [3.05, 3.63) is 57.0 Å². The second-order valence-electron chi connectivity index (χ2n) is 7.73. The predicted octanol–water partition coefficient (Wildman–Crippen LogP) is 4.17. The van der Waals surface area contributed by atoms with E-state index in [1.807, 2.05) is 28.5 Å². The van der Waals surface area contributed by atoms with Crippen molar-refractivity contribution in [3.63, 3.8) is 0 Å². The molecule has 6 nitrogen and oxygen atoms in total. The summed E-state index contributed by atoms with van der Waals surface area (Å²) < 4.78 is 1.04. The summed E-state index contributed by atoms with van der Waals surface area (Å²) in [5.41, 5.74) is 7.98. The number of aromatic nitrogens is 2. The molecule has 1 fully saturated rings. The van der Waals surface area contributed by atoms with E-state index in [4.69, 9.17) is 5.73 Å². The van der Waals surface area contributed by atoms with Crippen molar-refractivity contribution in [2.75, 3.05) is 18.8 Å². The molecule has 3 aromatic rings. The Morgan fingerprint density at radius 1 is 1.27 bits per heavy atom. The molecule has 1 unspecified atom stereocenters. The number of benzene rings is 1. The summed E-state index contributed by atoms with van der Waals surface area (Å²) in [5.74, 6) is 0.569. The topological polar surface area (TPSA) is 75.4 Å². The number of nitrogen functional groups attached to an aromatic ring is 1. The maximum absolute atomic E-state index is 12.8. The highest BCUT2D eigenvalue weighted by molar-refractivity contribution is 9.10. The quantitative estimate of drug-likeness (QED) is 0.561. The van der Waals surface area contributed by atoms with Crippen LogP contribution in [0.4, 0.5) is 5.82 Å². The van der Waals surface area contributed by atoms with Crippen molar-refractivity contribution in [1.29, 1.82) is 0 Å². The summed E-state index contributed by atoms with van der Waals surface area (Å²) in [7, 11) is 0. The average molecular weight is 486 g/mol. The lowest BCUT2D eigenvalue weighted by Gasteiger charge is -2.44. The van der Waals surface area contributed by atoms with Gasteiger partial charge in [-0.1, -0.05) is 6.07 Å². The van der Waals surface area contributed by atoms with Crippen LogP contribution in [-0.2, 0) is 11.3 Å². The number of carbonyl (C=O) groups excluding carboxylic acids is 1. The van der Waals surface area contributed by atoms with E-state index >= 15 is 0 Å². The van der Waals surface area contributed by atoms with Gasteiger partial charge in [0.15, 0.2) is 0 Å². The van der Waals surface area contributed by atoms with E-state index in [1.54, 1.807) is 17.4 Å². The number of hydrogen-bond acceptors (Lipinski definition) is 6. The van der Waals surface area contributed by atoms with Gasteiger partial charge in [0.25, 0.3) is 0 Å². The van der Waals surface area contributed by atoms with Gasteiger partial charge in [0.05, 0.1) is 5.52 Å². The standard InChI is InChI=1S/C22H24BrN5OS/c1-14-10-28(21(29)6-4-18-8-17(23)12-30-18)15(2)9-27(14)11-16-3-5-19-20(7-16)25-13-26-22(19)24/h3-8,12-15H,9-11H2,1-2H3,(H2,24,25,26)/t14?,15-/m0/s1. The third-order valence-electron chi connectivity index (χ3n) is 5.49. The largest absolute Gasteiger partial charge is 0.383 e. The average Bonchev–Trinajstić information content (AvgIpc) is 3.14. The molecule has 2 atom stereocenters. The minimum atomic E-state index is 0.0661. The lowest BCUT2D eigenvalue weighted by molar-refractivity contribution is -0.131. The van der Waals surface area contributed by atoms with Crippen LogP contribution in [0.15, 0.2) is 46.5 Å². The van der Waals surface area contributed by atoms with Crippen molar-refractivity contribution in [2.24, 2.45) is 0 Å². The molecule has 0 radical (unpaired) electrons. The smallest absolute Gasteiger partial charge is 0.246 e. The van der Waals surface area contributed by atoms with Crippen LogP contribution in [0.3, 0.4) is 0 Å². The highest BCUT2D eigenvalue weighted by Crippen LogP contribution is 2.23. The third-order valence-corrected chi connectivity index (χ3v) is 7.15. The molecule has 1 aliphatic heterocycles. The number of thiophene rings is 1. The summed E-state index contributed by atoms with van der Waals surface area (Å²) in [6.07, 6.45) is 5.08. The van der Waals surface area contributed by atoms with Crippen LogP contribution < -0.4 is 5.73 Å². The predicted molar refractivity (Wildman–Crippen MR) is 126 cm³/mol. The van der Waals surface area contributed by atoms with Crippen LogP contribution in [-0.4, -0.2) is 50.8 Å². The Balaban J connectivity index is 1.42. The fraction of sp³-hybridized carbons (Fsp3) is 0.318. The van der Waals surface area contributed by atoms with E-state index in [1.165, 1.54) is 11.9 Å². The number of rotatable bonds is 4. The van der Waals surface area contributed by atoms with Crippen LogP contribution in [0, 0.1) is 0 Å². The van der Waals surface area contributed by atoms with E-state index in [9.17, 15) is 4.79 Å². The van der Waals surface area contributed by atoms with Gasteiger partial charge >= 0.3 is 0 Å². The first-order valence-electron chi connectivity index (χ1n) is 9.86. The van der Waals surface area contributed by atoms with E-state index in [0.717, 1.165) is 33.3 Å².